The number of nitriles is 1. The number of amides is 1. The van der Waals surface area contributed by atoms with Crippen molar-refractivity contribution in [1.29, 1.82) is 5.26 Å². The first-order valence-electron chi connectivity index (χ1n) is 9.21. The number of piperidine rings is 1. The predicted molar refractivity (Wildman–Crippen MR) is 109 cm³/mol. The molecule has 11 heteroatoms. The number of nitrogens with zero attached hydrogens (tertiary/aromatic N) is 4. The second-order valence-electron chi connectivity index (χ2n) is 6.72. The first-order chi connectivity index (χ1) is 14.5. The van der Waals surface area contributed by atoms with Gasteiger partial charge in [0.15, 0.2) is 0 Å². The van der Waals surface area contributed by atoms with Crippen LogP contribution in [-0.2, 0) is 10.0 Å². The lowest BCUT2D eigenvalue weighted by Gasteiger charge is -2.24. The molecule has 3 aromatic rings. The van der Waals surface area contributed by atoms with E-state index >= 15 is 0 Å². The maximum absolute atomic E-state index is 12.7. The Balaban J connectivity index is 1.52. The lowest BCUT2D eigenvalue weighted by atomic mass is 10.1. The van der Waals surface area contributed by atoms with E-state index in [2.05, 4.69) is 14.9 Å². The normalized spacial score (nSPS) is 14.3. The van der Waals surface area contributed by atoms with E-state index in [1.54, 1.807) is 28.5 Å². The van der Waals surface area contributed by atoms with Crippen molar-refractivity contribution in [3.63, 3.8) is 0 Å². The number of nitrogens with one attached hydrogen (secondary N) is 1. The molecule has 0 unspecified atom stereocenters. The molecule has 154 valence electrons. The van der Waals surface area contributed by atoms with E-state index in [1.165, 1.54) is 12.1 Å². The maximum atomic E-state index is 12.7. The molecule has 9 nitrogen and oxygen atoms in total. The molecule has 1 aromatic carbocycles. The third-order valence-electron chi connectivity index (χ3n) is 4.58. The van der Waals surface area contributed by atoms with Crippen LogP contribution in [0.25, 0.3) is 11.5 Å². The van der Waals surface area contributed by atoms with Crippen LogP contribution < -0.4 is 4.72 Å². The van der Waals surface area contributed by atoms with Gasteiger partial charge in [0.2, 0.25) is 5.89 Å². The van der Waals surface area contributed by atoms with Crippen LogP contribution in [0.5, 0.6) is 0 Å². The summed E-state index contributed by atoms with van der Waals surface area (Å²) in [5.74, 6) is -0.330. The van der Waals surface area contributed by atoms with Gasteiger partial charge in [0, 0.05) is 18.5 Å². The van der Waals surface area contributed by atoms with Gasteiger partial charge in [-0.25, -0.2) is 8.42 Å². The molecule has 1 N–H and O–H groups in total. The Morgan fingerprint density at radius 3 is 2.77 bits per heavy atom. The van der Waals surface area contributed by atoms with Gasteiger partial charge in [-0.3, -0.25) is 9.52 Å². The second-order valence-corrected chi connectivity index (χ2v) is 9.54. The van der Waals surface area contributed by atoms with E-state index in [-0.39, 0.29) is 27.6 Å². The summed E-state index contributed by atoms with van der Waals surface area (Å²) >= 11 is 0.988. The number of sulfonamides is 1. The van der Waals surface area contributed by atoms with Gasteiger partial charge in [-0.15, -0.1) is 21.5 Å². The molecule has 1 amide bonds. The number of hydrogen-bond donors (Lipinski definition) is 1. The first-order valence-corrected chi connectivity index (χ1v) is 11.6. The van der Waals surface area contributed by atoms with Gasteiger partial charge >= 0.3 is 11.8 Å². The molecule has 2 aromatic heterocycles. The monoisotopic (exact) mass is 443 g/mol. The Morgan fingerprint density at radius 2 is 2.00 bits per heavy atom. The molecule has 30 heavy (non-hydrogen) atoms. The van der Waals surface area contributed by atoms with E-state index in [9.17, 15) is 13.2 Å². The van der Waals surface area contributed by atoms with Crippen LogP contribution in [-0.4, -0.2) is 42.5 Å². The standard InChI is InChI=1S/C19H17N5O4S2/c20-11-13-5-4-6-15(9-13)23-30(26,27)16-10-14(12-29-16)17-21-22-18(28-17)19(25)24-7-2-1-3-8-24/h4-6,9-10,12,23H,1-3,7-8H2. The van der Waals surface area contributed by atoms with E-state index in [0.29, 0.717) is 24.2 Å². The van der Waals surface area contributed by atoms with Gasteiger partial charge in [0.05, 0.1) is 22.9 Å². The highest BCUT2D eigenvalue weighted by atomic mass is 32.2. The molecule has 1 aliphatic rings. The number of aromatic nitrogens is 2. The topological polar surface area (TPSA) is 129 Å². The van der Waals surface area contributed by atoms with Crippen molar-refractivity contribution in [2.45, 2.75) is 23.5 Å². The van der Waals surface area contributed by atoms with Crippen molar-refractivity contribution in [2.75, 3.05) is 17.8 Å². The van der Waals surface area contributed by atoms with E-state index in [1.807, 2.05) is 6.07 Å². The molecule has 0 radical (unpaired) electrons. The van der Waals surface area contributed by atoms with Gasteiger partial charge in [0.25, 0.3) is 10.0 Å². The highest BCUT2D eigenvalue weighted by molar-refractivity contribution is 7.94. The summed E-state index contributed by atoms with van der Waals surface area (Å²) in [6.45, 7) is 1.33. The first kappa shape index (κ1) is 20.1. The van der Waals surface area contributed by atoms with Gasteiger partial charge in [-0.1, -0.05) is 6.07 Å². The number of likely N-dealkylation sites (tertiary alicyclic amines) is 1. The molecule has 0 bridgehead atoms. The Labute approximate surface area is 177 Å². The van der Waals surface area contributed by atoms with E-state index in [4.69, 9.17) is 9.68 Å². The Bertz CT molecular complexity index is 1220. The zero-order chi connectivity index (χ0) is 21.1. The minimum atomic E-state index is -3.86. The number of carbonyl (C=O) groups excluding carboxylic acids is 1. The Morgan fingerprint density at radius 1 is 1.20 bits per heavy atom. The molecule has 0 saturated carbocycles. The van der Waals surface area contributed by atoms with Crippen molar-refractivity contribution in [1.82, 2.24) is 15.1 Å². The van der Waals surface area contributed by atoms with Crippen molar-refractivity contribution in [3.8, 4) is 17.5 Å². The summed E-state index contributed by atoms with van der Waals surface area (Å²) in [4.78, 5) is 14.2. The summed E-state index contributed by atoms with van der Waals surface area (Å²) in [5, 5.41) is 18.3. The summed E-state index contributed by atoms with van der Waals surface area (Å²) in [5.41, 5.74) is 1.05. The molecule has 1 fully saturated rings. The SMILES string of the molecule is N#Cc1cccc(NS(=O)(=O)c2cc(-c3nnc(C(=O)N4CCCCC4)o3)cs2)c1. The van der Waals surface area contributed by atoms with Crippen molar-refractivity contribution >= 4 is 33.0 Å². The predicted octanol–water partition coefficient (Wildman–Crippen LogP) is 3.10. The number of anilines is 1. The summed E-state index contributed by atoms with van der Waals surface area (Å²) in [7, 11) is -3.86. The Hall–Kier alpha value is -3.23. The van der Waals surface area contributed by atoms with Gasteiger partial charge in [-0.05, 0) is 43.5 Å². The fraction of sp³-hybridized carbons (Fsp3) is 0.263. The fourth-order valence-electron chi connectivity index (χ4n) is 3.09. The molecule has 1 aliphatic heterocycles. The van der Waals surface area contributed by atoms with Crippen LogP contribution in [0, 0.1) is 11.3 Å². The van der Waals surface area contributed by atoms with E-state index in [0.717, 1.165) is 30.6 Å². The quantitative estimate of drug-likeness (QED) is 0.641. The van der Waals surface area contributed by atoms with Crippen LogP contribution in [0.1, 0.15) is 35.5 Å². The third kappa shape index (κ3) is 4.19. The summed E-state index contributed by atoms with van der Waals surface area (Å²) in [6.07, 6.45) is 2.99. The smallest absolute Gasteiger partial charge is 0.311 e. The van der Waals surface area contributed by atoms with Gasteiger partial charge in [-0.2, -0.15) is 5.26 Å². The van der Waals surface area contributed by atoms with Crippen LogP contribution in [0.4, 0.5) is 5.69 Å². The molecular weight excluding hydrogens is 426 g/mol. The fourth-order valence-corrected chi connectivity index (χ4v) is 5.29. The highest BCUT2D eigenvalue weighted by Crippen LogP contribution is 2.29. The highest BCUT2D eigenvalue weighted by Gasteiger charge is 2.25. The van der Waals surface area contributed by atoms with Gasteiger partial charge in [0.1, 0.15) is 4.21 Å². The number of thiophene rings is 1. The largest absolute Gasteiger partial charge is 0.412 e. The van der Waals surface area contributed by atoms with Crippen LogP contribution >= 0.6 is 11.3 Å². The second kappa shape index (κ2) is 8.25. The minimum absolute atomic E-state index is 0.0435. The lowest BCUT2D eigenvalue weighted by Crippen LogP contribution is -2.35. The lowest BCUT2D eigenvalue weighted by molar-refractivity contribution is 0.0684. The zero-order valence-electron chi connectivity index (χ0n) is 15.7. The van der Waals surface area contributed by atoms with Crippen LogP contribution in [0.3, 0.4) is 0 Å². The molecule has 3 heterocycles. The summed E-state index contributed by atoms with van der Waals surface area (Å²) < 4.78 is 33.3. The summed E-state index contributed by atoms with van der Waals surface area (Å²) in [6, 6.07) is 9.55. The maximum Gasteiger partial charge on any atom is 0.311 e. The average Bonchev–Trinajstić information content (AvgIpc) is 3.44. The minimum Gasteiger partial charge on any atom is -0.412 e. The number of carbonyl (C=O) groups is 1. The van der Waals surface area contributed by atoms with Gasteiger partial charge < -0.3 is 9.32 Å². The molecule has 1 saturated heterocycles. The number of hydrogen-bond acceptors (Lipinski definition) is 8. The average molecular weight is 444 g/mol. The van der Waals surface area contributed by atoms with Crippen LogP contribution in [0.15, 0.2) is 44.3 Å². The Kier molecular flexibility index (Phi) is 5.52. The zero-order valence-corrected chi connectivity index (χ0v) is 17.4. The van der Waals surface area contributed by atoms with E-state index < -0.39 is 10.0 Å². The van der Waals surface area contributed by atoms with Crippen molar-refractivity contribution < 1.29 is 17.6 Å². The number of benzene rings is 1. The molecule has 0 atom stereocenters. The molecule has 0 spiro atoms. The molecule has 4 rings (SSSR count). The number of rotatable bonds is 5. The van der Waals surface area contributed by atoms with Crippen molar-refractivity contribution in [3.05, 3.63) is 47.2 Å². The molecular formula is C19H17N5O4S2. The third-order valence-corrected chi connectivity index (χ3v) is 7.40. The van der Waals surface area contributed by atoms with Crippen LogP contribution in [0.2, 0.25) is 0 Å². The molecule has 0 aliphatic carbocycles. The van der Waals surface area contributed by atoms with Crippen molar-refractivity contribution in [2.24, 2.45) is 0 Å².